The molecule has 0 bridgehead atoms. The zero-order valence-corrected chi connectivity index (χ0v) is 43.6. The van der Waals surface area contributed by atoms with Gasteiger partial charge in [-0.15, -0.1) is 0 Å². The van der Waals surface area contributed by atoms with E-state index in [9.17, 15) is 29.1 Å². The third-order valence-electron chi connectivity index (χ3n) is 18.5. The van der Waals surface area contributed by atoms with Gasteiger partial charge in [-0.25, -0.2) is 0 Å². The highest BCUT2D eigenvalue weighted by atomic mass is 16.3. The van der Waals surface area contributed by atoms with Crippen LogP contribution in [0.15, 0.2) is 59.8 Å². The highest BCUT2D eigenvalue weighted by Crippen LogP contribution is 2.50. The van der Waals surface area contributed by atoms with Crippen molar-refractivity contribution in [2.45, 2.75) is 191 Å². The van der Waals surface area contributed by atoms with Gasteiger partial charge >= 0.3 is 0 Å². The summed E-state index contributed by atoms with van der Waals surface area (Å²) in [5.74, 6) is 0.662. The standard InChI is InChI=1S/C58H84N8O6/c1-35(59-3)53(67)62-50(38-17-7-5-8-18-38)57(71)65-29-15-25-47(65)55(69)61-49-43(33-40-21-11-13-23-44(40)49)32-37-27-28-42(31-37)46-34-41-22-12-14-24-45(41)52(46)64-56(70)48-26-16-30-66(48)58(72)51(39-19-9-6-10-20-39)63-54(68)36(2)60-4/h11-14,21-24,35-37,39,42-43,46-49,51-52,56,59-60,64,70H,5-10,15-20,25-34H2,1-4H3,(H,61,69)(H,62,67)(H,63,68)/t35-,36-,37?,42?,43+,46-,47-,48-,49+,51-,52-,56?/m0/s1. The summed E-state index contributed by atoms with van der Waals surface area (Å²) >= 11 is 0. The fraction of sp³-hybridized carbons (Fsp3) is 0.672. The van der Waals surface area contributed by atoms with Crippen LogP contribution in [0.2, 0.25) is 0 Å². The first kappa shape index (κ1) is 52.2. The van der Waals surface area contributed by atoms with Crippen LogP contribution in [0.25, 0.3) is 0 Å². The number of likely N-dealkylation sites (tertiary alicyclic amines) is 2. The summed E-state index contributed by atoms with van der Waals surface area (Å²) in [6, 6.07) is 14.5. The third-order valence-corrected chi connectivity index (χ3v) is 18.5. The van der Waals surface area contributed by atoms with E-state index in [1.54, 1.807) is 25.9 Å². The average molecular weight is 989 g/mol. The lowest BCUT2D eigenvalue weighted by Crippen LogP contribution is -2.59. The summed E-state index contributed by atoms with van der Waals surface area (Å²) in [6.45, 7) is 4.64. The lowest BCUT2D eigenvalue weighted by molar-refractivity contribution is -0.141. The first-order valence-electron chi connectivity index (χ1n) is 28.1. The van der Waals surface area contributed by atoms with E-state index in [0.29, 0.717) is 43.5 Å². The third kappa shape index (κ3) is 11.4. The smallest absolute Gasteiger partial charge is 0.270 e. The number of carbonyl (C=O) groups is 5. The van der Waals surface area contributed by atoms with Crippen LogP contribution in [0.5, 0.6) is 0 Å². The van der Waals surface area contributed by atoms with Crippen molar-refractivity contribution < 1.29 is 29.1 Å². The van der Waals surface area contributed by atoms with Gasteiger partial charge in [0.25, 0.3) is 5.91 Å². The number of likely N-dealkylation sites (N-methyl/N-ethyl adjacent to an activating group) is 2. The Morgan fingerprint density at radius 3 is 2.06 bits per heavy atom. The number of benzene rings is 2. The van der Waals surface area contributed by atoms with Crippen molar-refractivity contribution >= 4 is 29.5 Å². The lowest BCUT2D eigenvalue weighted by atomic mass is 9.82. The molecular formula is C58H84N8O6. The number of nitrogens with one attached hydrogen (secondary N) is 6. The number of nitrogens with zero attached hydrogens (tertiary/aromatic N) is 2. The van der Waals surface area contributed by atoms with Gasteiger partial charge in [-0.1, -0.05) is 80.6 Å². The molecule has 7 N–H and O–H groups in total. The summed E-state index contributed by atoms with van der Waals surface area (Å²) in [6.07, 6.45) is 17.7. The van der Waals surface area contributed by atoms with Gasteiger partial charge in [-0.2, -0.15) is 0 Å². The highest BCUT2D eigenvalue weighted by molar-refractivity contribution is 6.01. The molecule has 2 heterocycles. The monoisotopic (exact) mass is 989 g/mol. The minimum atomic E-state index is -0.921. The molecule has 0 radical (unpaired) electrons. The Hall–Kier alpha value is -4.63. The van der Waals surface area contributed by atoms with E-state index in [2.05, 4.69) is 80.4 Å². The Bertz CT molecular complexity index is 2290. The second kappa shape index (κ2) is 23.7. The quantitative estimate of drug-likeness (QED) is 0.0713. The number of amides is 5. The van der Waals surface area contributed by atoms with Crippen LogP contribution in [0, 0.1) is 29.6 Å². The van der Waals surface area contributed by atoms with E-state index in [0.717, 1.165) is 121 Å². The van der Waals surface area contributed by atoms with Crippen LogP contribution < -0.4 is 31.9 Å². The predicted molar refractivity (Wildman–Crippen MR) is 279 cm³/mol. The van der Waals surface area contributed by atoms with Crippen molar-refractivity contribution in [3.05, 3.63) is 82.1 Å². The minimum absolute atomic E-state index is 0.0584. The Kier molecular flexibility index (Phi) is 17.2. The van der Waals surface area contributed by atoms with Gasteiger partial charge < -0.3 is 41.5 Å². The lowest BCUT2D eigenvalue weighted by Gasteiger charge is -2.38. The maximum absolute atomic E-state index is 14.6. The molecule has 72 heavy (non-hydrogen) atoms. The van der Waals surface area contributed by atoms with E-state index in [1.165, 1.54) is 22.3 Å². The molecule has 0 aromatic heterocycles. The van der Waals surface area contributed by atoms with E-state index >= 15 is 0 Å². The van der Waals surface area contributed by atoms with Crippen molar-refractivity contribution in [3.63, 3.8) is 0 Å². The molecule has 2 saturated heterocycles. The SMILES string of the molecule is CN[C@@H](C)C(=O)NC(C(=O)N1CCC[C@H]1C(=O)N[C@H]1c2ccccc2C[C@H]1CC1CCC([C@@H]2Cc3ccccc3[C@@H]2NC(O)[C@@H]2CCCN2C(=O)[C@@H](NC(=O)[C@H](C)NC)C2CCCCC2)C1)=C1CCCCC1. The van der Waals surface area contributed by atoms with Gasteiger partial charge in [0.1, 0.15) is 24.0 Å². The number of aliphatic hydroxyl groups is 1. The zero-order chi connectivity index (χ0) is 50.5. The van der Waals surface area contributed by atoms with Crippen LogP contribution in [-0.2, 0) is 36.8 Å². The number of hydrogen-bond acceptors (Lipinski definition) is 9. The molecule has 3 unspecified atom stereocenters. The Labute approximate surface area is 428 Å². The van der Waals surface area contributed by atoms with Gasteiger partial charge in [0.15, 0.2) is 0 Å². The topological polar surface area (TPSA) is 184 Å². The highest BCUT2D eigenvalue weighted by Gasteiger charge is 2.47. The fourth-order valence-corrected chi connectivity index (χ4v) is 14.2. The van der Waals surface area contributed by atoms with Crippen molar-refractivity contribution in [1.29, 1.82) is 0 Å². The van der Waals surface area contributed by atoms with E-state index in [1.807, 2.05) is 11.8 Å². The molecule has 2 aromatic carbocycles. The van der Waals surface area contributed by atoms with E-state index in [4.69, 9.17) is 0 Å². The van der Waals surface area contributed by atoms with E-state index < -0.39 is 30.4 Å². The number of hydrogen-bond donors (Lipinski definition) is 7. The molecule has 0 spiro atoms. The van der Waals surface area contributed by atoms with Gasteiger partial charge in [0.2, 0.25) is 23.6 Å². The molecule has 5 amide bonds. The van der Waals surface area contributed by atoms with Crippen molar-refractivity contribution in [2.75, 3.05) is 27.2 Å². The number of allylic oxidation sites excluding steroid dienone is 1. The molecule has 2 aliphatic heterocycles. The molecule has 12 atom stereocenters. The summed E-state index contributed by atoms with van der Waals surface area (Å²) in [7, 11) is 3.49. The van der Waals surface area contributed by atoms with Crippen LogP contribution in [0.1, 0.15) is 164 Å². The first-order chi connectivity index (χ1) is 34.9. The van der Waals surface area contributed by atoms with Crippen LogP contribution in [-0.4, -0.2) is 108 Å². The Morgan fingerprint density at radius 1 is 0.694 bits per heavy atom. The Balaban J connectivity index is 0.868. The van der Waals surface area contributed by atoms with Gasteiger partial charge in [-0.05, 0) is 182 Å². The number of aliphatic hydroxyl groups excluding tert-OH is 1. The van der Waals surface area contributed by atoms with Crippen molar-refractivity contribution in [3.8, 4) is 0 Å². The molecule has 5 aliphatic carbocycles. The molecule has 2 aromatic rings. The molecule has 3 saturated carbocycles. The van der Waals surface area contributed by atoms with Crippen LogP contribution >= 0.6 is 0 Å². The number of carbonyl (C=O) groups excluding carboxylic acids is 5. The molecule has 14 heteroatoms. The second-order valence-corrected chi connectivity index (χ2v) is 22.8. The molecule has 14 nitrogen and oxygen atoms in total. The molecular weight excluding hydrogens is 905 g/mol. The minimum Gasteiger partial charge on any atom is -0.376 e. The Morgan fingerprint density at radius 2 is 1.33 bits per heavy atom. The number of fused-ring (bicyclic) bond motifs is 2. The van der Waals surface area contributed by atoms with Crippen molar-refractivity contribution in [2.24, 2.45) is 29.6 Å². The van der Waals surface area contributed by atoms with Gasteiger partial charge in [-0.3, -0.25) is 29.3 Å². The first-order valence-corrected chi connectivity index (χ1v) is 28.1. The maximum atomic E-state index is 14.6. The number of rotatable bonds is 17. The molecule has 9 rings (SSSR count). The van der Waals surface area contributed by atoms with Crippen LogP contribution in [0.4, 0.5) is 0 Å². The van der Waals surface area contributed by atoms with Crippen LogP contribution in [0.3, 0.4) is 0 Å². The van der Waals surface area contributed by atoms with Gasteiger partial charge in [0, 0.05) is 19.1 Å². The molecule has 7 aliphatic rings. The molecule has 5 fully saturated rings. The summed E-state index contributed by atoms with van der Waals surface area (Å²) in [4.78, 5) is 73.7. The van der Waals surface area contributed by atoms with Gasteiger partial charge in [0.05, 0.1) is 24.2 Å². The van der Waals surface area contributed by atoms with Crippen molar-refractivity contribution in [1.82, 2.24) is 41.7 Å². The normalized spacial score (nSPS) is 29.0. The zero-order valence-electron chi connectivity index (χ0n) is 43.6. The summed E-state index contributed by atoms with van der Waals surface area (Å²) < 4.78 is 0. The predicted octanol–water partition coefficient (Wildman–Crippen LogP) is 6.24. The van der Waals surface area contributed by atoms with E-state index in [-0.39, 0.29) is 65.4 Å². The second-order valence-electron chi connectivity index (χ2n) is 22.8. The maximum Gasteiger partial charge on any atom is 0.270 e. The summed E-state index contributed by atoms with van der Waals surface area (Å²) in [5.41, 5.74) is 6.36. The largest absolute Gasteiger partial charge is 0.376 e. The molecule has 392 valence electrons. The summed E-state index contributed by atoms with van der Waals surface area (Å²) in [5, 5.41) is 31.7. The average Bonchev–Trinajstić information content (AvgIpc) is 4.28. The fourth-order valence-electron chi connectivity index (χ4n) is 14.2.